The van der Waals surface area contributed by atoms with Gasteiger partial charge < -0.3 is 10.6 Å². The van der Waals surface area contributed by atoms with Gasteiger partial charge in [-0.2, -0.15) is 5.10 Å². The third-order valence-electron chi connectivity index (χ3n) is 3.88. The van der Waals surface area contributed by atoms with Gasteiger partial charge in [-0.1, -0.05) is 18.2 Å². The van der Waals surface area contributed by atoms with E-state index in [0.717, 1.165) is 37.4 Å². The van der Waals surface area contributed by atoms with Gasteiger partial charge in [0.1, 0.15) is 0 Å². The summed E-state index contributed by atoms with van der Waals surface area (Å²) in [5, 5.41) is 22.0. The minimum absolute atomic E-state index is 0. The Hall–Kier alpha value is -2.17. The summed E-state index contributed by atoms with van der Waals surface area (Å²) < 4.78 is 1.99. The number of rotatable bonds is 8. The molecule has 0 saturated carbocycles. The second-order valence-electron chi connectivity index (χ2n) is 6.01. The second-order valence-corrected chi connectivity index (χ2v) is 6.01. The van der Waals surface area contributed by atoms with Crippen LogP contribution in [0, 0.1) is 24.0 Å². The fourth-order valence-corrected chi connectivity index (χ4v) is 2.67. The van der Waals surface area contributed by atoms with Crippen molar-refractivity contribution in [2.45, 2.75) is 40.3 Å². The highest BCUT2D eigenvalue weighted by Gasteiger charge is 2.11. The van der Waals surface area contributed by atoms with Gasteiger partial charge in [-0.25, -0.2) is 4.99 Å². The van der Waals surface area contributed by atoms with E-state index < -0.39 is 0 Å². The fourth-order valence-electron chi connectivity index (χ4n) is 2.67. The molecule has 0 aliphatic carbocycles. The fraction of sp³-hybridized carbons (Fsp3) is 0.444. The number of para-hydroxylation sites is 1. The van der Waals surface area contributed by atoms with Crippen molar-refractivity contribution in [3.8, 4) is 0 Å². The molecule has 1 aromatic heterocycles. The number of benzene rings is 1. The number of aryl methyl sites for hydroxylation is 3. The molecule has 2 rings (SSSR count). The summed E-state index contributed by atoms with van der Waals surface area (Å²) in [7, 11) is 0. The Morgan fingerprint density at radius 1 is 1.30 bits per heavy atom. The SMILES string of the molecule is CCNC(=NCc1ccccc1[N+](=O)[O-])NCCCn1nc(C)cc1C.I. The van der Waals surface area contributed by atoms with Crippen molar-refractivity contribution < 1.29 is 4.92 Å². The lowest BCUT2D eigenvalue weighted by molar-refractivity contribution is -0.385. The lowest BCUT2D eigenvalue weighted by atomic mass is 10.2. The molecular formula is C18H27IN6O2. The van der Waals surface area contributed by atoms with Crippen LogP contribution >= 0.6 is 24.0 Å². The Labute approximate surface area is 176 Å². The molecule has 2 aromatic rings. The van der Waals surface area contributed by atoms with Gasteiger partial charge in [0.15, 0.2) is 5.96 Å². The van der Waals surface area contributed by atoms with Gasteiger partial charge in [0.2, 0.25) is 0 Å². The smallest absolute Gasteiger partial charge is 0.274 e. The summed E-state index contributed by atoms with van der Waals surface area (Å²) in [5.41, 5.74) is 2.86. The van der Waals surface area contributed by atoms with Crippen molar-refractivity contribution in [3.05, 3.63) is 57.4 Å². The third-order valence-corrected chi connectivity index (χ3v) is 3.88. The number of hydrogen-bond donors (Lipinski definition) is 2. The molecule has 0 amide bonds. The van der Waals surface area contributed by atoms with Crippen LogP contribution in [-0.2, 0) is 13.1 Å². The van der Waals surface area contributed by atoms with Gasteiger partial charge in [-0.15, -0.1) is 24.0 Å². The van der Waals surface area contributed by atoms with E-state index in [1.54, 1.807) is 18.2 Å². The predicted molar refractivity (Wildman–Crippen MR) is 118 cm³/mol. The number of aromatic nitrogens is 2. The van der Waals surface area contributed by atoms with Crippen molar-refractivity contribution in [1.29, 1.82) is 0 Å². The summed E-state index contributed by atoms with van der Waals surface area (Å²) in [5.74, 6) is 0.652. The maximum absolute atomic E-state index is 11.1. The quantitative estimate of drug-likeness (QED) is 0.149. The first-order valence-electron chi connectivity index (χ1n) is 8.76. The van der Waals surface area contributed by atoms with E-state index in [0.29, 0.717) is 11.5 Å². The summed E-state index contributed by atoms with van der Waals surface area (Å²) in [6.07, 6.45) is 0.901. The molecule has 0 atom stereocenters. The van der Waals surface area contributed by atoms with E-state index >= 15 is 0 Å². The molecule has 0 bridgehead atoms. The first kappa shape index (κ1) is 22.9. The lowest BCUT2D eigenvalue weighted by Gasteiger charge is -2.11. The maximum Gasteiger partial charge on any atom is 0.274 e. The molecule has 0 fully saturated rings. The van der Waals surface area contributed by atoms with Crippen LogP contribution in [0.4, 0.5) is 5.69 Å². The normalized spacial score (nSPS) is 11.0. The van der Waals surface area contributed by atoms with Gasteiger partial charge in [0.25, 0.3) is 5.69 Å². The van der Waals surface area contributed by atoms with E-state index in [1.807, 2.05) is 25.5 Å². The highest BCUT2D eigenvalue weighted by Crippen LogP contribution is 2.18. The zero-order valence-corrected chi connectivity index (χ0v) is 18.3. The molecule has 0 unspecified atom stereocenters. The van der Waals surface area contributed by atoms with Crippen molar-refractivity contribution in [1.82, 2.24) is 20.4 Å². The first-order valence-corrected chi connectivity index (χ1v) is 8.76. The Morgan fingerprint density at radius 3 is 2.67 bits per heavy atom. The van der Waals surface area contributed by atoms with Gasteiger partial charge in [0, 0.05) is 31.4 Å². The van der Waals surface area contributed by atoms with Crippen molar-refractivity contribution >= 4 is 35.6 Å². The number of nitro groups is 1. The molecule has 1 aromatic carbocycles. The number of nitrogens with zero attached hydrogens (tertiary/aromatic N) is 4. The first-order chi connectivity index (χ1) is 12.5. The van der Waals surface area contributed by atoms with Crippen LogP contribution in [0.5, 0.6) is 0 Å². The monoisotopic (exact) mass is 486 g/mol. The van der Waals surface area contributed by atoms with E-state index in [1.165, 1.54) is 6.07 Å². The van der Waals surface area contributed by atoms with Crippen LogP contribution < -0.4 is 10.6 Å². The zero-order chi connectivity index (χ0) is 18.9. The number of aliphatic imine (C=N–C) groups is 1. The Morgan fingerprint density at radius 2 is 2.04 bits per heavy atom. The van der Waals surface area contributed by atoms with E-state index in [9.17, 15) is 10.1 Å². The summed E-state index contributed by atoms with van der Waals surface area (Å²) in [6, 6.07) is 8.74. The third kappa shape index (κ3) is 7.16. The molecule has 2 N–H and O–H groups in total. The van der Waals surface area contributed by atoms with Gasteiger partial charge in [-0.3, -0.25) is 14.8 Å². The molecule has 0 saturated heterocycles. The number of nitro benzene ring substituents is 1. The molecular weight excluding hydrogens is 459 g/mol. The van der Waals surface area contributed by atoms with Crippen molar-refractivity contribution in [2.24, 2.45) is 4.99 Å². The minimum atomic E-state index is -0.375. The summed E-state index contributed by atoms with van der Waals surface area (Å²) in [4.78, 5) is 15.2. The van der Waals surface area contributed by atoms with Crippen LogP contribution in [0.1, 0.15) is 30.3 Å². The van der Waals surface area contributed by atoms with Crippen molar-refractivity contribution in [3.63, 3.8) is 0 Å². The van der Waals surface area contributed by atoms with Crippen LogP contribution in [0.25, 0.3) is 0 Å². The second kappa shape index (κ2) is 11.5. The predicted octanol–water partition coefficient (Wildman–Crippen LogP) is 3.17. The maximum atomic E-state index is 11.1. The highest BCUT2D eigenvalue weighted by atomic mass is 127. The number of hydrogen-bond acceptors (Lipinski definition) is 4. The Balaban J connectivity index is 0.00000364. The van der Waals surface area contributed by atoms with Gasteiger partial charge in [-0.05, 0) is 33.3 Å². The molecule has 0 radical (unpaired) electrons. The Kier molecular flexibility index (Phi) is 9.76. The van der Waals surface area contributed by atoms with Crippen LogP contribution in [0.2, 0.25) is 0 Å². The minimum Gasteiger partial charge on any atom is -0.357 e. The van der Waals surface area contributed by atoms with E-state index in [2.05, 4.69) is 26.8 Å². The molecule has 9 heteroatoms. The molecule has 1 heterocycles. The number of nitrogens with one attached hydrogen (secondary N) is 2. The number of guanidine groups is 1. The molecule has 0 spiro atoms. The molecule has 0 aliphatic heterocycles. The zero-order valence-electron chi connectivity index (χ0n) is 15.9. The van der Waals surface area contributed by atoms with Crippen molar-refractivity contribution in [2.75, 3.05) is 13.1 Å². The average molecular weight is 486 g/mol. The summed E-state index contributed by atoms with van der Waals surface area (Å²) in [6.45, 7) is 8.56. The van der Waals surface area contributed by atoms with E-state index in [-0.39, 0.29) is 41.1 Å². The standard InChI is InChI=1S/C18H26N6O2.HI/c1-4-19-18(20-10-7-11-23-15(3)12-14(2)22-23)21-13-16-8-5-6-9-17(16)24(25)26;/h5-6,8-9,12H,4,7,10-11,13H2,1-3H3,(H2,19,20,21);1H. The average Bonchev–Trinajstić information content (AvgIpc) is 2.94. The van der Waals surface area contributed by atoms with Crippen LogP contribution in [-0.4, -0.2) is 33.8 Å². The molecule has 0 aliphatic rings. The largest absolute Gasteiger partial charge is 0.357 e. The van der Waals surface area contributed by atoms with Gasteiger partial charge >= 0.3 is 0 Å². The van der Waals surface area contributed by atoms with Crippen LogP contribution in [0.3, 0.4) is 0 Å². The lowest BCUT2D eigenvalue weighted by Crippen LogP contribution is -2.38. The molecule has 8 nitrogen and oxygen atoms in total. The summed E-state index contributed by atoms with van der Waals surface area (Å²) >= 11 is 0. The molecule has 148 valence electrons. The molecule has 27 heavy (non-hydrogen) atoms. The van der Waals surface area contributed by atoms with Gasteiger partial charge in [0.05, 0.1) is 22.7 Å². The highest BCUT2D eigenvalue weighted by molar-refractivity contribution is 14.0. The number of halogens is 1. The van der Waals surface area contributed by atoms with Crippen LogP contribution in [0.15, 0.2) is 35.3 Å². The van der Waals surface area contributed by atoms with E-state index in [4.69, 9.17) is 0 Å². The Bertz CT molecular complexity index is 775. The topological polar surface area (TPSA) is 97.4 Å².